The molecule has 1 amide bonds. The fraction of sp³-hybridized carbons (Fsp3) is 0.263. The molecule has 1 aliphatic rings. The number of hydrogen-bond donors (Lipinski definition) is 2. The Morgan fingerprint density at radius 1 is 1.12 bits per heavy atom. The summed E-state index contributed by atoms with van der Waals surface area (Å²) in [5.74, 6) is -0.707. The van der Waals surface area contributed by atoms with Gasteiger partial charge in [-0.2, -0.15) is 0 Å². The van der Waals surface area contributed by atoms with E-state index in [0.29, 0.717) is 11.4 Å². The number of carboxylic acids is 1. The summed E-state index contributed by atoms with van der Waals surface area (Å²) in [7, 11) is 0. The molecule has 3 rings (SSSR count). The monoisotopic (exact) mass is 325 g/mol. The van der Waals surface area contributed by atoms with Crippen LogP contribution in [0.3, 0.4) is 0 Å². The van der Waals surface area contributed by atoms with Crippen molar-refractivity contribution < 1.29 is 19.4 Å². The van der Waals surface area contributed by atoms with Crippen molar-refractivity contribution in [3.8, 4) is 5.75 Å². The third-order valence-electron chi connectivity index (χ3n) is 4.17. The van der Waals surface area contributed by atoms with Crippen LogP contribution in [-0.2, 0) is 16.0 Å². The number of benzene rings is 2. The fourth-order valence-electron chi connectivity index (χ4n) is 3.04. The van der Waals surface area contributed by atoms with Crippen molar-refractivity contribution in [1.82, 2.24) is 0 Å². The van der Waals surface area contributed by atoms with Crippen molar-refractivity contribution in [2.45, 2.75) is 25.2 Å². The summed E-state index contributed by atoms with van der Waals surface area (Å²) in [5.41, 5.74) is 3.04. The first kappa shape index (κ1) is 16.1. The van der Waals surface area contributed by atoms with E-state index in [9.17, 15) is 9.59 Å². The maximum Gasteiger partial charge on any atom is 0.341 e. The van der Waals surface area contributed by atoms with Crippen LogP contribution in [-0.4, -0.2) is 23.6 Å². The molecule has 2 N–H and O–H groups in total. The van der Waals surface area contributed by atoms with Crippen molar-refractivity contribution >= 4 is 17.6 Å². The van der Waals surface area contributed by atoms with Gasteiger partial charge in [-0.15, -0.1) is 0 Å². The number of fused-ring (bicyclic) bond motifs is 1. The van der Waals surface area contributed by atoms with Gasteiger partial charge in [-0.3, -0.25) is 4.79 Å². The quantitative estimate of drug-likeness (QED) is 0.885. The van der Waals surface area contributed by atoms with Crippen LogP contribution in [0.25, 0.3) is 0 Å². The van der Waals surface area contributed by atoms with Crippen LogP contribution in [0.15, 0.2) is 48.5 Å². The van der Waals surface area contributed by atoms with Crippen LogP contribution in [0, 0.1) is 0 Å². The Hall–Kier alpha value is -2.82. The number of rotatable bonds is 5. The highest BCUT2D eigenvalue weighted by molar-refractivity contribution is 5.96. The number of hydrogen-bond acceptors (Lipinski definition) is 3. The molecule has 124 valence electrons. The highest BCUT2D eigenvalue weighted by atomic mass is 16.5. The second kappa shape index (κ2) is 7.17. The highest BCUT2D eigenvalue weighted by Gasteiger charge is 2.26. The van der Waals surface area contributed by atoms with E-state index in [0.717, 1.165) is 24.8 Å². The lowest BCUT2D eigenvalue weighted by Gasteiger charge is -2.24. The minimum absolute atomic E-state index is 0.0126. The Bertz CT molecular complexity index is 739. The van der Waals surface area contributed by atoms with Gasteiger partial charge in [0, 0.05) is 5.69 Å². The van der Waals surface area contributed by atoms with Gasteiger partial charge in [-0.25, -0.2) is 4.79 Å². The highest BCUT2D eigenvalue weighted by Crippen LogP contribution is 2.32. The molecule has 0 saturated carbocycles. The van der Waals surface area contributed by atoms with Crippen molar-refractivity contribution in [3.05, 3.63) is 59.7 Å². The summed E-state index contributed by atoms with van der Waals surface area (Å²) in [6.45, 7) is -0.384. The molecule has 0 saturated heterocycles. The molecule has 0 aliphatic heterocycles. The summed E-state index contributed by atoms with van der Waals surface area (Å²) in [6.07, 6.45) is 2.88. The molecule has 0 radical (unpaired) electrons. The van der Waals surface area contributed by atoms with Crippen LogP contribution in [0.4, 0.5) is 5.69 Å². The summed E-state index contributed by atoms with van der Waals surface area (Å²) in [5, 5.41) is 11.5. The Morgan fingerprint density at radius 2 is 1.88 bits per heavy atom. The first-order valence-electron chi connectivity index (χ1n) is 7.97. The number of carbonyl (C=O) groups is 2. The molecule has 1 aliphatic carbocycles. The smallest absolute Gasteiger partial charge is 0.341 e. The minimum atomic E-state index is -1.02. The van der Waals surface area contributed by atoms with Crippen LogP contribution in [0.2, 0.25) is 0 Å². The van der Waals surface area contributed by atoms with E-state index < -0.39 is 5.97 Å². The molecule has 1 unspecified atom stereocenters. The van der Waals surface area contributed by atoms with Gasteiger partial charge in [0.2, 0.25) is 5.91 Å². The standard InChI is InChI=1S/C19H19NO4/c21-18(22)12-24-15-10-8-14(9-11-15)20-19(23)17-7-3-5-13-4-1-2-6-16(13)17/h1-2,4,6,8-11,17H,3,5,7,12H2,(H,20,23)(H,21,22). The fourth-order valence-corrected chi connectivity index (χ4v) is 3.04. The van der Waals surface area contributed by atoms with Crippen LogP contribution in [0.1, 0.15) is 29.9 Å². The molecule has 0 heterocycles. The predicted octanol–water partition coefficient (Wildman–Crippen LogP) is 3.21. The maximum atomic E-state index is 12.6. The van der Waals surface area contributed by atoms with Crippen molar-refractivity contribution in [3.63, 3.8) is 0 Å². The normalized spacial score (nSPS) is 16.1. The average molecular weight is 325 g/mol. The van der Waals surface area contributed by atoms with E-state index in [4.69, 9.17) is 9.84 Å². The number of aliphatic carboxylic acids is 1. The lowest BCUT2D eigenvalue weighted by Crippen LogP contribution is -2.24. The van der Waals surface area contributed by atoms with Crippen molar-refractivity contribution in [2.75, 3.05) is 11.9 Å². The minimum Gasteiger partial charge on any atom is -0.482 e. The largest absolute Gasteiger partial charge is 0.482 e. The lowest BCUT2D eigenvalue weighted by molar-refractivity contribution is -0.139. The van der Waals surface area contributed by atoms with Crippen LogP contribution in [0.5, 0.6) is 5.75 Å². The third kappa shape index (κ3) is 3.74. The van der Waals surface area contributed by atoms with E-state index in [1.54, 1.807) is 24.3 Å². The number of aryl methyl sites for hydroxylation is 1. The average Bonchev–Trinajstić information content (AvgIpc) is 2.60. The molecule has 0 aromatic heterocycles. The number of carbonyl (C=O) groups excluding carboxylic acids is 1. The zero-order valence-electron chi connectivity index (χ0n) is 13.2. The van der Waals surface area contributed by atoms with Crippen LogP contribution < -0.4 is 10.1 Å². The molecule has 0 spiro atoms. The lowest BCUT2D eigenvalue weighted by atomic mass is 9.82. The summed E-state index contributed by atoms with van der Waals surface area (Å²) in [4.78, 5) is 23.1. The van der Waals surface area contributed by atoms with E-state index >= 15 is 0 Å². The first-order chi connectivity index (χ1) is 11.6. The van der Waals surface area contributed by atoms with Crippen LogP contribution >= 0.6 is 0 Å². The number of anilines is 1. The maximum absolute atomic E-state index is 12.6. The second-order valence-corrected chi connectivity index (χ2v) is 5.84. The van der Waals surface area contributed by atoms with Gasteiger partial charge in [-0.05, 0) is 54.7 Å². The van der Waals surface area contributed by atoms with E-state index in [-0.39, 0.29) is 18.4 Å². The Labute approximate surface area is 140 Å². The van der Waals surface area contributed by atoms with Gasteiger partial charge in [0.25, 0.3) is 0 Å². The first-order valence-corrected chi connectivity index (χ1v) is 7.97. The Balaban J connectivity index is 1.66. The summed E-state index contributed by atoms with van der Waals surface area (Å²) in [6, 6.07) is 14.8. The van der Waals surface area contributed by atoms with Crippen molar-refractivity contribution in [2.24, 2.45) is 0 Å². The molecular weight excluding hydrogens is 306 g/mol. The molecule has 2 aromatic rings. The third-order valence-corrected chi connectivity index (χ3v) is 4.17. The summed E-state index contributed by atoms with van der Waals surface area (Å²) >= 11 is 0. The zero-order valence-corrected chi connectivity index (χ0v) is 13.2. The van der Waals surface area contributed by atoms with Gasteiger partial charge in [0.1, 0.15) is 5.75 Å². The Kier molecular flexibility index (Phi) is 4.79. The second-order valence-electron chi connectivity index (χ2n) is 5.84. The van der Waals surface area contributed by atoms with Crippen molar-refractivity contribution in [1.29, 1.82) is 0 Å². The van der Waals surface area contributed by atoms with Gasteiger partial charge >= 0.3 is 5.97 Å². The van der Waals surface area contributed by atoms with Gasteiger partial charge in [0.05, 0.1) is 5.92 Å². The van der Waals surface area contributed by atoms with E-state index in [2.05, 4.69) is 11.4 Å². The van der Waals surface area contributed by atoms with E-state index in [1.807, 2.05) is 18.2 Å². The SMILES string of the molecule is O=C(O)COc1ccc(NC(=O)C2CCCc3ccccc32)cc1. The number of carboxylic acid groups (broad SMARTS) is 1. The molecule has 0 fully saturated rings. The molecule has 1 atom stereocenters. The molecule has 0 bridgehead atoms. The number of amides is 1. The summed E-state index contributed by atoms with van der Waals surface area (Å²) < 4.78 is 5.08. The topological polar surface area (TPSA) is 75.6 Å². The van der Waals surface area contributed by atoms with Gasteiger partial charge < -0.3 is 15.2 Å². The van der Waals surface area contributed by atoms with Gasteiger partial charge in [0.15, 0.2) is 6.61 Å². The molecular formula is C19H19NO4. The van der Waals surface area contributed by atoms with Gasteiger partial charge in [-0.1, -0.05) is 24.3 Å². The zero-order chi connectivity index (χ0) is 16.9. The number of nitrogens with one attached hydrogen (secondary N) is 1. The number of ether oxygens (including phenoxy) is 1. The molecule has 5 heteroatoms. The van der Waals surface area contributed by atoms with E-state index in [1.165, 1.54) is 5.56 Å². The molecule has 2 aromatic carbocycles. The molecule has 5 nitrogen and oxygen atoms in total. The molecule has 24 heavy (non-hydrogen) atoms. The predicted molar refractivity (Wildman–Crippen MR) is 90.3 cm³/mol. The Morgan fingerprint density at radius 3 is 2.62 bits per heavy atom.